The minimum Gasteiger partial charge on any atom is -0.270 e. The zero-order valence-corrected chi connectivity index (χ0v) is 11.4. The van der Waals surface area contributed by atoms with Gasteiger partial charge in [-0.05, 0) is 19.1 Å². The summed E-state index contributed by atoms with van der Waals surface area (Å²) < 4.78 is 0. The van der Waals surface area contributed by atoms with Gasteiger partial charge in [-0.2, -0.15) is 15.3 Å². The molecule has 1 heterocycles. The van der Waals surface area contributed by atoms with Crippen molar-refractivity contribution in [2.75, 3.05) is 0 Å². The summed E-state index contributed by atoms with van der Waals surface area (Å²) in [7, 11) is 0. The lowest BCUT2D eigenvalue weighted by molar-refractivity contribution is -0.120. The number of rotatable bonds is 2. The maximum atomic E-state index is 11.4. The Labute approximate surface area is 118 Å². The third kappa shape index (κ3) is 2.63. The first-order chi connectivity index (χ1) is 8.49. The highest BCUT2D eigenvalue weighted by Gasteiger charge is 2.26. The third-order valence-corrected chi connectivity index (χ3v) is 3.04. The van der Waals surface area contributed by atoms with Crippen molar-refractivity contribution >= 4 is 52.1 Å². The predicted molar refractivity (Wildman–Crippen MR) is 71.0 cm³/mol. The molecule has 0 bridgehead atoms. The molecule has 0 saturated heterocycles. The summed E-state index contributed by atoms with van der Waals surface area (Å²) in [6, 6.07) is 2.26. The Bertz CT molecular complexity index is 547. The molecule has 1 aromatic rings. The molecule has 8 heteroatoms. The van der Waals surface area contributed by atoms with Gasteiger partial charge in [-0.15, -0.1) is 0 Å². The van der Waals surface area contributed by atoms with Gasteiger partial charge in [0.1, 0.15) is 5.69 Å². The number of azo groups is 1. The van der Waals surface area contributed by atoms with Crippen molar-refractivity contribution in [1.29, 1.82) is 0 Å². The highest BCUT2D eigenvalue weighted by Crippen LogP contribution is 2.36. The first-order valence-electron chi connectivity index (χ1n) is 4.88. The van der Waals surface area contributed by atoms with Crippen molar-refractivity contribution in [3.05, 3.63) is 27.2 Å². The quantitative estimate of drug-likeness (QED) is 0.833. The average molecular weight is 306 g/mol. The van der Waals surface area contributed by atoms with E-state index in [-0.39, 0.29) is 21.6 Å². The first-order valence-corrected chi connectivity index (χ1v) is 6.02. The number of carbonyl (C=O) groups is 1. The standard InChI is InChI=1S/C10H7Cl3N4O/c1-4-8(10(18)17-14-4)15-16-9-6(12)2-5(11)3-7(9)13/h2-3,8H,1H3,(H,17,18). The van der Waals surface area contributed by atoms with Crippen LogP contribution in [-0.2, 0) is 4.79 Å². The monoisotopic (exact) mass is 304 g/mol. The number of carbonyl (C=O) groups excluding carboxylic acids is 1. The molecule has 0 saturated carbocycles. The van der Waals surface area contributed by atoms with Crippen LogP contribution in [-0.4, -0.2) is 17.7 Å². The summed E-state index contributed by atoms with van der Waals surface area (Å²) in [6.45, 7) is 1.67. The number of nitrogens with zero attached hydrogens (tertiary/aromatic N) is 3. The molecular formula is C10H7Cl3N4O. The highest BCUT2D eigenvalue weighted by atomic mass is 35.5. The van der Waals surface area contributed by atoms with Gasteiger partial charge in [-0.3, -0.25) is 4.79 Å². The average Bonchev–Trinajstić information content (AvgIpc) is 2.58. The van der Waals surface area contributed by atoms with Crippen LogP contribution in [0.15, 0.2) is 27.5 Å². The molecule has 1 aliphatic heterocycles. The van der Waals surface area contributed by atoms with E-state index in [4.69, 9.17) is 34.8 Å². The van der Waals surface area contributed by atoms with Crippen LogP contribution in [0.2, 0.25) is 15.1 Å². The fourth-order valence-electron chi connectivity index (χ4n) is 1.34. The van der Waals surface area contributed by atoms with Crippen LogP contribution in [0.1, 0.15) is 6.92 Å². The second-order valence-electron chi connectivity index (χ2n) is 3.57. The SMILES string of the molecule is CC1=NNC(=O)C1N=Nc1c(Cl)cc(Cl)cc1Cl. The van der Waals surface area contributed by atoms with E-state index in [1.807, 2.05) is 0 Å². The van der Waals surface area contributed by atoms with E-state index in [2.05, 4.69) is 20.8 Å². The molecule has 1 atom stereocenters. The zero-order valence-electron chi connectivity index (χ0n) is 9.12. The molecule has 2 rings (SSSR count). The lowest BCUT2D eigenvalue weighted by Crippen LogP contribution is -2.25. The molecule has 1 N–H and O–H groups in total. The van der Waals surface area contributed by atoms with Crippen molar-refractivity contribution in [1.82, 2.24) is 5.43 Å². The maximum Gasteiger partial charge on any atom is 0.272 e. The molecular weight excluding hydrogens is 298 g/mol. The van der Waals surface area contributed by atoms with Crippen molar-refractivity contribution in [2.45, 2.75) is 13.0 Å². The molecule has 0 spiro atoms. The lowest BCUT2D eigenvalue weighted by Gasteiger charge is -2.03. The molecule has 0 fully saturated rings. The van der Waals surface area contributed by atoms with Gasteiger partial charge in [0, 0.05) is 5.02 Å². The Kier molecular flexibility index (Phi) is 3.85. The third-order valence-electron chi connectivity index (χ3n) is 2.24. The number of hydrazone groups is 1. The van der Waals surface area contributed by atoms with Crippen LogP contribution in [0.25, 0.3) is 0 Å². The Balaban J connectivity index is 2.30. The van der Waals surface area contributed by atoms with Gasteiger partial charge in [-0.25, -0.2) is 5.43 Å². The van der Waals surface area contributed by atoms with E-state index in [0.29, 0.717) is 10.7 Å². The fraction of sp³-hybridized carbons (Fsp3) is 0.200. The van der Waals surface area contributed by atoms with Gasteiger partial charge >= 0.3 is 0 Å². The van der Waals surface area contributed by atoms with Crippen LogP contribution < -0.4 is 5.43 Å². The molecule has 0 aromatic heterocycles. The van der Waals surface area contributed by atoms with E-state index in [9.17, 15) is 4.79 Å². The van der Waals surface area contributed by atoms with Gasteiger partial charge in [0.15, 0.2) is 6.04 Å². The van der Waals surface area contributed by atoms with E-state index >= 15 is 0 Å². The molecule has 1 amide bonds. The summed E-state index contributed by atoms with van der Waals surface area (Å²) in [5.74, 6) is -0.336. The first kappa shape index (κ1) is 13.3. The second-order valence-corrected chi connectivity index (χ2v) is 4.82. The number of amides is 1. The molecule has 1 aliphatic rings. The smallest absolute Gasteiger partial charge is 0.270 e. The number of hydrogen-bond donors (Lipinski definition) is 1. The predicted octanol–water partition coefficient (Wildman–Crippen LogP) is 3.60. The molecule has 1 aromatic carbocycles. The van der Waals surface area contributed by atoms with E-state index < -0.39 is 6.04 Å². The topological polar surface area (TPSA) is 66.2 Å². The maximum absolute atomic E-state index is 11.4. The van der Waals surface area contributed by atoms with Gasteiger partial charge in [-0.1, -0.05) is 34.8 Å². The van der Waals surface area contributed by atoms with Gasteiger partial charge in [0.05, 0.1) is 15.8 Å². The van der Waals surface area contributed by atoms with Gasteiger partial charge in [0.2, 0.25) is 0 Å². The van der Waals surface area contributed by atoms with Crippen LogP contribution in [0.3, 0.4) is 0 Å². The van der Waals surface area contributed by atoms with E-state index in [0.717, 1.165) is 0 Å². The summed E-state index contributed by atoms with van der Waals surface area (Å²) >= 11 is 17.7. The summed E-state index contributed by atoms with van der Waals surface area (Å²) in [5, 5.41) is 12.5. The Morgan fingerprint density at radius 3 is 2.39 bits per heavy atom. The minimum atomic E-state index is -0.743. The Morgan fingerprint density at radius 1 is 1.28 bits per heavy atom. The van der Waals surface area contributed by atoms with Crippen LogP contribution in [0.4, 0.5) is 5.69 Å². The number of halogens is 3. The summed E-state index contributed by atoms with van der Waals surface area (Å²) in [4.78, 5) is 11.4. The number of benzene rings is 1. The number of hydrogen-bond acceptors (Lipinski definition) is 4. The molecule has 5 nitrogen and oxygen atoms in total. The van der Waals surface area contributed by atoms with Crippen molar-refractivity contribution in [3.8, 4) is 0 Å². The second kappa shape index (κ2) is 5.22. The summed E-state index contributed by atoms with van der Waals surface area (Å²) in [6.07, 6.45) is 0. The largest absolute Gasteiger partial charge is 0.272 e. The summed E-state index contributed by atoms with van der Waals surface area (Å²) in [5.41, 5.74) is 3.11. The van der Waals surface area contributed by atoms with Crippen LogP contribution >= 0.6 is 34.8 Å². The van der Waals surface area contributed by atoms with Crippen molar-refractivity contribution in [3.63, 3.8) is 0 Å². The van der Waals surface area contributed by atoms with Gasteiger partial charge in [0.25, 0.3) is 5.91 Å². The Morgan fingerprint density at radius 2 is 1.89 bits per heavy atom. The fourth-order valence-corrected chi connectivity index (χ4v) is 2.23. The van der Waals surface area contributed by atoms with E-state index in [1.54, 1.807) is 6.92 Å². The minimum absolute atomic E-state index is 0.268. The molecule has 0 aliphatic carbocycles. The molecule has 1 unspecified atom stereocenters. The van der Waals surface area contributed by atoms with Crippen molar-refractivity contribution in [2.24, 2.45) is 15.3 Å². The van der Waals surface area contributed by atoms with E-state index in [1.165, 1.54) is 12.1 Å². The number of nitrogens with one attached hydrogen (secondary N) is 1. The molecule has 94 valence electrons. The Hall–Kier alpha value is -1.17. The van der Waals surface area contributed by atoms with Crippen LogP contribution in [0, 0.1) is 0 Å². The molecule has 0 radical (unpaired) electrons. The normalized spacial score (nSPS) is 19.2. The lowest BCUT2D eigenvalue weighted by atomic mass is 10.2. The van der Waals surface area contributed by atoms with Crippen molar-refractivity contribution < 1.29 is 4.79 Å². The highest BCUT2D eigenvalue weighted by molar-refractivity contribution is 6.41. The molecule has 18 heavy (non-hydrogen) atoms. The van der Waals surface area contributed by atoms with Gasteiger partial charge < -0.3 is 0 Å². The zero-order chi connectivity index (χ0) is 13.3. The van der Waals surface area contributed by atoms with Crippen LogP contribution in [0.5, 0.6) is 0 Å².